The molecule has 1 unspecified atom stereocenters. The molecule has 0 aromatic carbocycles. The molecule has 1 aromatic rings. The van der Waals surface area contributed by atoms with E-state index in [0.29, 0.717) is 11.5 Å². The van der Waals surface area contributed by atoms with E-state index in [-0.39, 0.29) is 0 Å². The zero-order valence-corrected chi connectivity index (χ0v) is 12.9. The molecule has 0 radical (unpaired) electrons. The first-order valence-corrected chi connectivity index (χ1v) is 8.33. The molecule has 0 bridgehead atoms. The minimum Gasteiger partial charge on any atom is -0.309 e. The predicted octanol–water partition coefficient (Wildman–Crippen LogP) is 4.93. The van der Waals surface area contributed by atoms with Crippen molar-refractivity contribution in [2.75, 3.05) is 6.54 Å². The van der Waals surface area contributed by atoms with Crippen LogP contribution in [0.2, 0.25) is 0 Å². The van der Waals surface area contributed by atoms with E-state index in [4.69, 9.17) is 0 Å². The first-order valence-electron chi connectivity index (χ1n) is 7.51. The standard InChI is InChI=1S/C16H27NS/c1-4-12-17-15(16(3)10-6-7-11-16)14-9-8-13(5-2)18-14/h8-9,15,17H,4-7,10-12H2,1-3H3. The Bertz CT molecular complexity index is 363. The lowest BCUT2D eigenvalue weighted by Gasteiger charge is -2.34. The van der Waals surface area contributed by atoms with E-state index in [1.165, 1.54) is 43.4 Å². The monoisotopic (exact) mass is 265 g/mol. The van der Waals surface area contributed by atoms with Gasteiger partial charge in [-0.25, -0.2) is 0 Å². The Kier molecular flexibility index (Phi) is 4.85. The molecule has 1 heterocycles. The minimum absolute atomic E-state index is 0.477. The van der Waals surface area contributed by atoms with Crippen molar-refractivity contribution >= 4 is 11.3 Å². The van der Waals surface area contributed by atoms with Crippen LogP contribution in [0, 0.1) is 5.41 Å². The van der Waals surface area contributed by atoms with Gasteiger partial charge >= 0.3 is 0 Å². The van der Waals surface area contributed by atoms with Crippen molar-refractivity contribution in [1.82, 2.24) is 5.32 Å². The van der Waals surface area contributed by atoms with E-state index >= 15 is 0 Å². The van der Waals surface area contributed by atoms with Crippen LogP contribution in [-0.4, -0.2) is 6.54 Å². The lowest BCUT2D eigenvalue weighted by Crippen LogP contribution is -2.34. The third-order valence-electron chi connectivity index (χ3n) is 4.36. The summed E-state index contributed by atoms with van der Waals surface area (Å²) in [7, 11) is 0. The van der Waals surface area contributed by atoms with E-state index < -0.39 is 0 Å². The number of rotatable bonds is 6. The molecule has 1 saturated carbocycles. The van der Waals surface area contributed by atoms with Crippen LogP contribution in [0.1, 0.15) is 68.7 Å². The molecular formula is C16H27NS. The molecule has 102 valence electrons. The van der Waals surface area contributed by atoms with Gasteiger partial charge in [-0.1, -0.05) is 33.6 Å². The summed E-state index contributed by atoms with van der Waals surface area (Å²) in [6.07, 6.45) is 7.97. The Labute approximate surface area is 116 Å². The smallest absolute Gasteiger partial charge is 0.0469 e. The first-order chi connectivity index (χ1) is 8.69. The fraction of sp³-hybridized carbons (Fsp3) is 0.750. The Balaban J connectivity index is 2.18. The third kappa shape index (κ3) is 2.97. The van der Waals surface area contributed by atoms with Crippen LogP contribution in [0.15, 0.2) is 12.1 Å². The van der Waals surface area contributed by atoms with Gasteiger partial charge in [-0.3, -0.25) is 0 Å². The van der Waals surface area contributed by atoms with Crippen LogP contribution in [0.4, 0.5) is 0 Å². The number of hydrogen-bond acceptors (Lipinski definition) is 2. The fourth-order valence-electron chi connectivity index (χ4n) is 3.19. The molecule has 1 atom stereocenters. The van der Waals surface area contributed by atoms with Gasteiger partial charge < -0.3 is 5.32 Å². The summed E-state index contributed by atoms with van der Waals surface area (Å²) in [5.41, 5.74) is 0.477. The SMILES string of the molecule is CCCNC(c1ccc(CC)s1)C1(C)CCCC1. The summed E-state index contributed by atoms with van der Waals surface area (Å²) in [6.45, 7) is 8.13. The maximum Gasteiger partial charge on any atom is 0.0469 e. The molecule has 18 heavy (non-hydrogen) atoms. The molecule has 2 rings (SSSR count). The van der Waals surface area contributed by atoms with Gasteiger partial charge in [-0.15, -0.1) is 11.3 Å². The molecule has 2 heteroatoms. The van der Waals surface area contributed by atoms with E-state index in [9.17, 15) is 0 Å². The van der Waals surface area contributed by atoms with Gasteiger partial charge in [0.15, 0.2) is 0 Å². The summed E-state index contributed by atoms with van der Waals surface area (Å²) in [4.78, 5) is 3.08. The molecule has 0 saturated heterocycles. The van der Waals surface area contributed by atoms with Gasteiger partial charge in [0.1, 0.15) is 0 Å². The Morgan fingerprint density at radius 3 is 2.56 bits per heavy atom. The van der Waals surface area contributed by atoms with Crippen molar-refractivity contribution in [2.45, 2.75) is 65.3 Å². The van der Waals surface area contributed by atoms with Crippen molar-refractivity contribution in [3.8, 4) is 0 Å². The molecule has 1 aliphatic carbocycles. The van der Waals surface area contributed by atoms with Crippen molar-refractivity contribution in [1.29, 1.82) is 0 Å². The highest BCUT2D eigenvalue weighted by atomic mass is 32.1. The highest BCUT2D eigenvalue weighted by Gasteiger charge is 2.38. The molecule has 1 N–H and O–H groups in total. The van der Waals surface area contributed by atoms with E-state index in [0.717, 1.165) is 6.54 Å². The normalized spacial score (nSPS) is 20.2. The highest BCUT2D eigenvalue weighted by Crippen LogP contribution is 2.48. The van der Waals surface area contributed by atoms with Gasteiger partial charge in [-0.2, -0.15) is 0 Å². The Morgan fingerprint density at radius 2 is 2.00 bits per heavy atom. The van der Waals surface area contributed by atoms with Crippen LogP contribution < -0.4 is 5.32 Å². The summed E-state index contributed by atoms with van der Waals surface area (Å²) < 4.78 is 0. The number of nitrogens with one attached hydrogen (secondary N) is 1. The summed E-state index contributed by atoms with van der Waals surface area (Å²) in [5.74, 6) is 0. The maximum absolute atomic E-state index is 3.82. The fourth-order valence-corrected chi connectivity index (χ4v) is 4.40. The first kappa shape index (κ1) is 14.1. The van der Waals surface area contributed by atoms with Gasteiger partial charge in [0.25, 0.3) is 0 Å². The summed E-state index contributed by atoms with van der Waals surface area (Å²) in [5, 5.41) is 3.82. The molecule has 1 aliphatic rings. The van der Waals surface area contributed by atoms with Gasteiger partial charge in [0.05, 0.1) is 0 Å². The number of thiophene rings is 1. The number of hydrogen-bond donors (Lipinski definition) is 1. The van der Waals surface area contributed by atoms with E-state index in [1.54, 1.807) is 4.88 Å². The van der Waals surface area contributed by atoms with E-state index in [2.05, 4.69) is 38.2 Å². The van der Waals surface area contributed by atoms with Crippen LogP contribution in [0.3, 0.4) is 0 Å². The van der Waals surface area contributed by atoms with Gasteiger partial charge in [-0.05, 0) is 49.8 Å². The lowest BCUT2D eigenvalue weighted by atomic mass is 9.80. The highest BCUT2D eigenvalue weighted by molar-refractivity contribution is 7.12. The summed E-state index contributed by atoms with van der Waals surface area (Å²) in [6, 6.07) is 5.25. The molecular weight excluding hydrogens is 238 g/mol. The molecule has 1 aromatic heterocycles. The average Bonchev–Trinajstić information content (AvgIpc) is 2.99. The Hall–Kier alpha value is -0.340. The zero-order chi connectivity index (χ0) is 13.0. The van der Waals surface area contributed by atoms with Crippen LogP contribution in [-0.2, 0) is 6.42 Å². The quantitative estimate of drug-likeness (QED) is 0.769. The van der Waals surface area contributed by atoms with E-state index in [1.807, 2.05) is 11.3 Å². The average molecular weight is 265 g/mol. The Morgan fingerprint density at radius 1 is 1.28 bits per heavy atom. The summed E-state index contributed by atoms with van der Waals surface area (Å²) >= 11 is 2.01. The lowest BCUT2D eigenvalue weighted by molar-refractivity contribution is 0.227. The van der Waals surface area contributed by atoms with Crippen molar-refractivity contribution in [3.05, 3.63) is 21.9 Å². The molecule has 0 spiro atoms. The van der Waals surface area contributed by atoms with Crippen LogP contribution in [0.5, 0.6) is 0 Å². The second-order valence-electron chi connectivity index (χ2n) is 5.91. The minimum atomic E-state index is 0.477. The zero-order valence-electron chi connectivity index (χ0n) is 12.1. The van der Waals surface area contributed by atoms with Gasteiger partial charge in [0.2, 0.25) is 0 Å². The third-order valence-corrected chi connectivity index (χ3v) is 5.65. The topological polar surface area (TPSA) is 12.0 Å². The maximum atomic E-state index is 3.82. The van der Waals surface area contributed by atoms with Crippen molar-refractivity contribution in [2.24, 2.45) is 5.41 Å². The second-order valence-corrected chi connectivity index (χ2v) is 7.11. The molecule has 0 aliphatic heterocycles. The van der Waals surface area contributed by atoms with Gasteiger partial charge in [0, 0.05) is 15.8 Å². The predicted molar refractivity (Wildman–Crippen MR) is 81.3 cm³/mol. The van der Waals surface area contributed by atoms with Crippen molar-refractivity contribution < 1.29 is 0 Å². The molecule has 1 nitrogen and oxygen atoms in total. The number of aryl methyl sites for hydroxylation is 1. The second kappa shape index (κ2) is 6.21. The molecule has 0 amide bonds. The largest absolute Gasteiger partial charge is 0.309 e. The van der Waals surface area contributed by atoms with Crippen LogP contribution >= 0.6 is 11.3 Å². The van der Waals surface area contributed by atoms with Crippen molar-refractivity contribution in [3.63, 3.8) is 0 Å². The molecule has 1 fully saturated rings. The van der Waals surface area contributed by atoms with Crippen LogP contribution in [0.25, 0.3) is 0 Å².